The van der Waals surface area contributed by atoms with Crippen molar-refractivity contribution in [1.29, 1.82) is 0 Å². The molecule has 0 radical (unpaired) electrons. The second-order valence-corrected chi connectivity index (χ2v) is 8.65. The molecule has 1 amide bonds. The van der Waals surface area contributed by atoms with Crippen LogP contribution in [0.4, 0.5) is 4.39 Å². The number of likely N-dealkylation sites (N-methyl/N-ethyl adjacent to an activating group) is 1. The molecule has 6 heteroatoms. The van der Waals surface area contributed by atoms with Gasteiger partial charge in [0.1, 0.15) is 0 Å². The number of halogens is 1. The fraction of sp³-hybridized carbons (Fsp3) is 0.667. The van der Waals surface area contributed by atoms with E-state index in [-0.39, 0.29) is 11.7 Å². The number of methoxy groups -OCH3 is 1. The number of carbonyl (C=O) groups excluding carboxylic acids is 1. The van der Waals surface area contributed by atoms with E-state index in [0.717, 1.165) is 38.3 Å². The van der Waals surface area contributed by atoms with Crippen LogP contribution in [0, 0.1) is 11.2 Å². The Morgan fingerprint density at radius 1 is 1.19 bits per heavy atom. The van der Waals surface area contributed by atoms with Crippen LogP contribution in [-0.4, -0.2) is 74.0 Å². The second-order valence-electron chi connectivity index (χ2n) is 8.65. The molecule has 0 aromatic heterocycles. The lowest BCUT2D eigenvalue weighted by atomic mass is 9.92. The van der Waals surface area contributed by atoms with E-state index in [1.54, 1.807) is 24.1 Å². The zero-order chi connectivity index (χ0) is 20.0. The maximum Gasteiger partial charge on any atom is 0.236 e. The van der Waals surface area contributed by atoms with Gasteiger partial charge in [0.2, 0.25) is 5.91 Å². The molecule has 1 aliphatic heterocycles. The van der Waals surface area contributed by atoms with Gasteiger partial charge in [0.25, 0.3) is 0 Å². The molecule has 0 atom stereocenters. The Bertz CT molecular complexity index is 622. The van der Waals surface area contributed by atoms with E-state index in [4.69, 9.17) is 4.74 Å². The molecule has 1 fully saturated rings. The Balaban J connectivity index is 1.76. The summed E-state index contributed by atoms with van der Waals surface area (Å²) in [6.45, 7) is 12.6. The first-order chi connectivity index (χ1) is 12.7. The number of ether oxygens (including phenoxy) is 1. The minimum absolute atomic E-state index is 0.0642. The number of nitrogens with zero attached hydrogens (tertiary/aromatic N) is 3. The highest BCUT2D eigenvalue weighted by Gasteiger charge is 2.22. The van der Waals surface area contributed by atoms with Gasteiger partial charge in [-0.2, -0.15) is 0 Å². The predicted octanol–water partition coefficient (Wildman–Crippen LogP) is 2.85. The zero-order valence-corrected chi connectivity index (χ0v) is 17.4. The van der Waals surface area contributed by atoms with Gasteiger partial charge in [-0.1, -0.05) is 26.8 Å². The van der Waals surface area contributed by atoms with Crippen molar-refractivity contribution in [3.05, 3.63) is 29.6 Å². The standard InChI is InChI=1S/C21H34FN3O2/c1-21(2,3)8-9-24-10-12-25(13-11-24)16-20(26)23(4)15-17-6-7-19(27-5)18(22)14-17/h6-7,14H,8-13,15-16H2,1-5H3. The van der Waals surface area contributed by atoms with Gasteiger partial charge >= 0.3 is 0 Å². The lowest BCUT2D eigenvalue weighted by Gasteiger charge is -2.36. The highest BCUT2D eigenvalue weighted by molar-refractivity contribution is 5.78. The molecule has 152 valence electrons. The summed E-state index contributed by atoms with van der Waals surface area (Å²) in [4.78, 5) is 18.9. The fourth-order valence-corrected chi connectivity index (χ4v) is 3.15. The van der Waals surface area contributed by atoms with E-state index in [9.17, 15) is 9.18 Å². The largest absolute Gasteiger partial charge is 0.494 e. The molecule has 0 saturated carbocycles. The van der Waals surface area contributed by atoms with Crippen LogP contribution in [-0.2, 0) is 11.3 Å². The van der Waals surface area contributed by atoms with E-state index >= 15 is 0 Å². The number of rotatable bonds is 7. The summed E-state index contributed by atoms with van der Waals surface area (Å²) in [5.74, 6) is -0.117. The number of hydrogen-bond acceptors (Lipinski definition) is 4. The van der Waals surface area contributed by atoms with Gasteiger partial charge in [0, 0.05) is 39.8 Å². The summed E-state index contributed by atoms with van der Waals surface area (Å²) < 4.78 is 18.7. The quantitative estimate of drug-likeness (QED) is 0.730. The van der Waals surface area contributed by atoms with Gasteiger partial charge in [0.15, 0.2) is 11.6 Å². The summed E-state index contributed by atoms with van der Waals surface area (Å²) in [6, 6.07) is 4.82. The molecule has 0 bridgehead atoms. The monoisotopic (exact) mass is 379 g/mol. The van der Waals surface area contributed by atoms with Gasteiger partial charge < -0.3 is 14.5 Å². The summed E-state index contributed by atoms with van der Waals surface area (Å²) in [6.07, 6.45) is 1.19. The molecular formula is C21H34FN3O2. The smallest absolute Gasteiger partial charge is 0.236 e. The third-order valence-corrected chi connectivity index (χ3v) is 5.06. The summed E-state index contributed by atoms with van der Waals surface area (Å²) in [5, 5.41) is 0. The van der Waals surface area contributed by atoms with Crippen molar-refractivity contribution in [2.75, 3.05) is 53.4 Å². The van der Waals surface area contributed by atoms with Crippen molar-refractivity contribution < 1.29 is 13.9 Å². The molecule has 1 saturated heterocycles. The molecule has 27 heavy (non-hydrogen) atoms. The van der Waals surface area contributed by atoms with Crippen LogP contribution in [0.3, 0.4) is 0 Å². The van der Waals surface area contributed by atoms with Crippen LogP contribution in [0.25, 0.3) is 0 Å². The molecule has 0 unspecified atom stereocenters. The molecule has 0 N–H and O–H groups in total. The van der Waals surface area contributed by atoms with Gasteiger partial charge in [-0.25, -0.2) is 4.39 Å². The summed E-state index contributed by atoms with van der Waals surface area (Å²) >= 11 is 0. The Labute approximate surface area is 163 Å². The zero-order valence-electron chi connectivity index (χ0n) is 17.4. The topological polar surface area (TPSA) is 36.0 Å². The Morgan fingerprint density at radius 2 is 1.81 bits per heavy atom. The minimum atomic E-state index is -0.401. The number of amides is 1. The van der Waals surface area contributed by atoms with E-state index < -0.39 is 5.82 Å². The van der Waals surface area contributed by atoms with Crippen LogP contribution < -0.4 is 4.74 Å². The maximum absolute atomic E-state index is 13.8. The molecule has 1 aliphatic rings. The highest BCUT2D eigenvalue weighted by Crippen LogP contribution is 2.20. The van der Waals surface area contributed by atoms with Gasteiger partial charge in [0.05, 0.1) is 13.7 Å². The molecule has 2 rings (SSSR count). The average Bonchev–Trinajstić information content (AvgIpc) is 2.60. The van der Waals surface area contributed by atoms with Crippen molar-refractivity contribution >= 4 is 5.91 Å². The van der Waals surface area contributed by atoms with E-state index in [1.165, 1.54) is 19.6 Å². The third kappa shape index (κ3) is 7.11. The lowest BCUT2D eigenvalue weighted by molar-refractivity contribution is -0.132. The van der Waals surface area contributed by atoms with Gasteiger partial charge in [-0.05, 0) is 36.1 Å². The van der Waals surface area contributed by atoms with Crippen molar-refractivity contribution in [1.82, 2.24) is 14.7 Å². The predicted molar refractivity (Wildman–Crippen MR) is 106 cm³/mol. The van der Waals surface area contributed by atoms with Crippen molar-refractivity contribution in [2.24, 2.45) is 5.41 Å². The molecule has 0 spiro atoms. The fourth-order valence-electron chi connectivity index (χ4n) is 3.15. The van der Waals surface area contributed by atoms with Gasteiger partial charge in [-0.15, -0.1) is 0 Å². The van der Waals surface area contributed by atoms with E-state index in [2.05, 4.69) is 30.6 Å². The third-order valence-electron chi connectivity index (χ3n) is 5.06. The van der Waals surface area contributed by atoms with Crippen LogP contribution in [0.15, 0.2) is 18.2 Å². The number of carbonyl (C=O) groups is 1. The second kappa shape index (κ2) is 9.51. The van der Waals surface area contributed by atoms with Gasteiger partial charge in [-0.3, -0.25) is 9.69 Å². The number of piperazine rings is 1. The van der Waals surface area contributed by atoms with Crippen molar-refractivity contribution in [3.8, 4) is 5.75 Å². The molecule has 0 aliphatic carbocycles. The first-order valence-electron chi connectivity index (χ1n) is 9.69. The molecule has 1 aromatic rings. The van der Waals surface area contributed by atoms with Crippen LogP contribution in [0.2, 0.25) is 0 Å². The molecule has 5 nitrogen and oxygen atoms in total. The maximum atomic E-state index is 13.8. The van der Waals surface area contributed by atoms with Crippen molar-refractivity contribution in [3.63, 3.8) is 0 Å². The normalized spacial score (nSPS) is 16.4. The average molecular weight is 380 g/mol. The molecule has 1 aromatic carbocycles. The van der Waals surface area contributed by atoms with Crippen molar-refractivity contribution in [2.45, 2.75) is 33.7 Å². The molecular weight excluding hydrogens is 345 g/mol. The SMILES string of the molecule is COc1ccc(CN(C)C(=O)CN2CCN(CCC(C)(C)C)CC2)cc1F. The summed E-state index contributed by atoms with van der Waals surface area (Å²) in [7, 11) is 3.21. The Hall–Kier alpha value is -1.66. The Kier molecular flexibility index (Phi) is 7.62. The Morgan fingerprint density at radius 3 is 2.37 bits per heavy atom. The first kappa shape index (κ1) is 21.6. The first-order valence-corrected chi connectivity index (χ1v) is 9.69. The van der Waals surface area contributed by atoms with E-state index in [0.29, 0.717) is 18.5 Å². The lowest BCUT2D eigenvalue weighted by Crippen LogP contribution is -2.50. The van der Waals surface area contributed by atoms with Crippen LogP contribution in [0.5, 0.6) is 5.75 Å². The highest BCUT2D eigenvalue weighted by atomic mass is 19.1. The number of benzene rings is 1. The van der Waals surface area contributed by atoms with E-state index in [1.807, 2.05) is 0 Å². The van der Waals surface area contributed by atoms with Crippen LogP contribution in [0.1, 0.15) is 32.8 Å². The number of hydrogen-bond donors (Lipinski definition) is 0. The summed E-state index contributed by atoms with van der Waals surface area (Å²) in [5.41, 5.74) is 1.12. The molecule has 1 heterocycles. The van der Waals surface area contributed by atoms with Crippen LogP contribution >= 0.6 is 0 Å². The minimum Gasteiger partial charge on any atom is -0.494 e.